The van der Waals surface area contributed by atoms with Gasteiger partial charge < -0.3 is 15.3 Å². The molecular formula is C16H17ClO5. The van der Waals surface area contributed by atoms with Gasteiger partial charge in [-0.05, 0) is 38.5 Å². The summed E-state index contributed by atoms with van der Waals surface area (Å²) in [7, 11) is 0. The molecule has 0 bridgehead atoms. The molecule has 1 aromatic carbocycles. The largest absolute Gasteiger partial charge is 0.507 e. The lowest BCUT2D eigenvalue weighted by atomic mass is 9.85. The molecule has 0 aromatic heterocycles. The Balaban J connectivity index is 0.00000242. The topological polar surface area (TPSA) is 94.8 Å². The molecule has 0 radical (unpaired) electrons. The van der Waals surface area contributed by atoms with Crippen molar-refractivity contribution in [1.29, 1.82) is 0 Å². The van der Waals surface area contributed by atoms with E-state index in [1.807, 2.05) is 13.8 Å². The average molecular weight is 325 g/mol. The average Bonchev–Trinajstić information content (AvgIpc) is 2.42. The number of rotatable bonds is 3. The summed E-state index contributed by atoms with van der Waals surface area (Å²) in [6.07, 6.45) is 1.84. The number of aromatic hydroxyl groups is 2. The van der Waals surface area contributed by atoms with Gasteiger partial charge in [0.2, 0.25) is 0 Å². The van der Waals surface area contributed by atoms with E-state index in [0.29, 0.717) is 0 Å². The highest BCUT2D eigenvalue weighted by Crippen LogP contribution is 2.35. The number of fused-ring (bicyclic) bond motifs is 1. The first-order valence-corrected chi connectivity index (χ1v) is 6.50. The molecule has 0 amide bonds. The van der Waals surface area contributed by atoms with E-state index in [1.54, 1.807) is 6.08 Å². The number of phenols is 2. The first-order valence-electron chi connectivity index (χ1n) is 6.50. The fraction of sp³-hybridized carbons (Fsp3) is 0.250. The van der Waals surface area contributed by atoms with E-state index in [-0.39, 0.29) is 47.0 Å². The van der Waals surface area contributed by atoms with Gasteiger partial charge in [-0.1, -0.05) is 11.6 Å². The molecule has 3 N–H and O–H groups in total. The number of carbonyl (C=O) groups is 2. The van der Waals surface area contributed by atoms with Crippen LogP contribution in [0.2, 0.25) is 0 Å². The van der Waals surface area contributed by atoms with E-state index >= 15 is 0 Å². The molecule has 5 nitrogen and oxygen atoms in total. The number of benzene rings is 1. The van der Waals surface area contributed by atoms with Crippen molar-refractivity contribution in [3.05, 3.63) is 46.6 Å². The lowest BCUT2D eigenvalue weighted by Gasteiger charge is -2.20. The van der Waals surface area contributed by atoms with Crippen LogP contribution in [0.25, 0.3) is 0 Å². The quantitative estimate of drug-likeness (QED) is 0.586. The molecule has 1 unspecified atom stereocenters. The van der Waals surface area contributed by atoms with Gasteiger partial charge in [0.25, 0.3) is 0 Å². The number of carbonyl (C=O) groups excluding carboxylic acids is 2. The summed E-state index contributed by atoms with van der Waals surface area (Å²) in [6, 6.07) is 2.29. The van der Waals surface area contributed by atoms with Gasteiger partial charge in [0.1, 0.15) is 11.5 Å². The number of ketones is 2. The van der Waals surface area contributed by atoms with E-state index in [1.165, 1.54) is 0 Å². The van der Waals surface area contributed by atoms with Crippen LogP contribution in [0.1, 0.15) is 41.0 Å². The fourth-order valence-corrected chi connectivity index (χ4v) is 2.21. The summed E-state index contributed by atoms with van der Waals surface area (Å²) < 4.78 is 0. The third-order valence-corrected chi connectivity index (χ3v) is 3.29. The highest BCUT2D eigenvalue weighted by Gasteiger charge is 2.33. The fourth-order valence-electron chi connectivity index (χ4n) is 2.21. The molecule has 0 heterocycles. The summed E-state index contributed by atoms with van der Waals surface area (Å²) in [5.74, 6) is -2.01. The molecule has 2 rings (SSSR count). The summed E-state index contributed by atoms with van der Waals surface area (Å²) in [4.78, 5) is 24.4. The number of hydrogen-bond donors (Lipinski definition) is 3. The molecule has 118 valence electrons. The molecule has 1 aliphatic rings. The van der Waals surface area contributed by atoms with Gasteiger partial charge in [-0.3, -0.25) is 9.59 Å². The Labute approximate surface area is 134 Å². The highest BCUT2D eigenvalue weighted by atomic mass is 35.5. The summed E-state index contributed by atoms with van der Waals surface area (Å²) in [5, 5.41) is 29.5. The SMILES string of the molecule is CC(C)=CCC(O)C1=CC(=O)c2c(O)ccc(O)c2C1=O.Cl. The molecule has 1 aromatic rings. The maximum Gasteiger partial charge on any atom is 0.196 e. The van der Waals surface area contributed by atoms with Crippen molar-refractivity contribution < 1.29 is 24.9 Å². The normalized spacial score (nSPS) is 14.6. The third-order valence-electron chi connectivity index (χ3n) is 3.29. The highest BCUT2D eigenvalue weighted by molar-refractivity contribution is 6.26. The van der Waals surface area contributed by atoms with E-state index in [0.717, 1.165) is 23.8 Å². The van der Waals surface area contributed by atoms with Gasteiger partial charge in [0.15, 0.2) is 11.6 Å². The monoisotopic (exact) mass is 324 g/mol. The lowest BCUT2D eigenvalue weighted by molar-refractivity contribution is 0.0943. The van der Waals surface area contributed by atoms with E-state index < -0.39 is 17.7 Å². The first-order chi connectivity index (χ1) is 9.82. The zero-order valence-electron chi connectivity index (χ0n) is 12.2. The van der Waals surface area contributed by atoms with Crippen LogP contribution in [0.5, 0.6) is 11.5 Å². The summed E-state index contributed by atoms with van der Waals surface area (Å²) in [5.41, 5.74) is 0.419. The van der Waals surface area contributed by atoms with Crippen LogP contribution in [0.3, 0.4) is 0 Å². The van der Waals surface area contributed by atoms with Crippen molar-refractivity contribution in [2.75, 3.05) is 0 Å². The van der Waals surface area contributed by atoms with Crippen molar-refractivity contribution >= 4 is 24.0 Å². The Morgan fingerprint density at radius 3 is 2.23 bits per heavy atom. The molecule has 1 atom stereocenters. The number of hydrogen-bond acceptors (Lipinski definition) is 5. The minimum absolute atomic E-state index is 0. The molecule has 0 fully saturated rings. The Kier molecular flexibility index (Phi) is 5.52. The second-order valence-electron chi connectivity index (χ2n) is 5.18. The standard InChI is InChI=1S/C16H16O5.ClH/c1-8(2)3-4-10(17)9-7-13(20)14-11(18)5-6-12(19)15(14)16(9)21;/h3,5-7,10,17-19H,4H2,1-2H3;1H. The molecule has 0 spiro atoms. The smallest absolute Gasteiger partial charge is 0.196 e. The van der Waals surface area contributed by atoms with Gasteiger partial charge in [0, 0.05) is 5.57 Å². The van der Waals surface area contributed by atoms with Crippen LogP contribution >= 0.6 is 12.4 Å². The van der Waals surface area contributed by atoms with Gasteiger partial charge in [0.05, 0.1) is 17.2 Å². The molecule has 0 saturated carbocycles. The van der Waals surface area contributed by atoms with Crippen LogP contribution in [-0.2, 0) is 0 Å². The van der Waals surface area contributed by atoms with Crippen LogP contribution in [-0.4, -0.2) is 33.0 Å². The molecule has 1 aliphatic carbocycles. The zero-order chi connectivity index (χ0) is 15.7. The number of halogens is 1. The lowest BCUT2D eigenvalue weighted by Crippen LogP contribution is -2.25. The molecule has 0 saturated heterocycles. The van der Waals surface area contributed by atoms with Crippen LogP contribution in [0.4, 0.5) is 0 Å². The van der Waals surface area contributed by atoms with Gasteiger partial charge in [-0.2, -0.15) is 0 Å². The van der Waals surface area contributed by atoms with Gasteiger partial charge >= 0.3 is 0 Å². The zero-order valence-corrected chi connectivity index (χ0v) is 13.0. The van der Waals surface area contributed by atoms with Crippen molar-refractivity contribution in [1.82, 2.24) is 0 Å². The Bertz CT molecular complexity index is 684. The van der Waals surface area contributed by atoms with Crippen LogP contribution < -0.4 is 0 Å². The predicted octanol–water partition coefficient (Wildman–Crippen LogP) is 2.54. The predicted molar refractivity (Wildman–Crippen MR) is 83.8 cm³/mol. The van der Waals surface area contributed by atoms with Crippen molar-refractivity contribution in [3.8, 4) is 11.5 Å². The van der Waals surface area contributed by atoms with Crippen LogP contribution in [0, 0.1) is 0 Å². The Morgan fingerprint density at radius 1 is 1.14 bits per heavy atom. The minimum Gasteiger partial charge on any atom is -0.507 e. The summed E-state index contributed by atoms with van der Waals surface area (Å²) >= 11 is 0. The van der Waals surface area contributed by atoms with Gasteiger partial charge in [-0.15, -0.1) is 12.4 Å². The number of aliphatic hydroxyl groups is 1. The van der Waals surface area contributed by atoms with E-state index in [9.17, 15) is 24.9 Å². The Morgan fingerprint density at radius 2 is 1.68 bits per heavy atom. The van der Waals surface area contributed by atoms with Crippen molar-refractivity contribution in [3.63, 3.8) is 0 Å². The van der Waals surface area contributed by atoms with Crippen molar-refractivity contribution in [2.45, 2.75) is 26.4 Å². The number of aliphatic hydroxyl groups excluding tert-OH is 1. The second kappa shape index (κ2) is 6.77. The van der Waals surface area contributed by atoms with Crippen molar-refractivity contribution in [2.24, 2.45) is 0 Å². The van der Waals surface area contributed by atoms with E-state index in [4.69, 9.17) is 0 Å². The molecule has 22 heavy (non-hydrogen) atoms. The molecule has 0 aliphatic heterocycles. The van der Waals surface area contributed by atoms with Crippen LogP contribution in [0.15, 0.2) is 35.4 Å². The number of Topliss-reactive ketones (excluding diaryl/α,β-unsaturated/α-hetero) is 1. The number of phenolic OH excluding ortho intramolecular Hbond substituents is 2. The molecular weight excluding hydrogens is 308 g/mol. The Hall–Kier alpha value is -2.11. The first kappa shape index (κ1) is 17.9. The number of allylic oxidation sites excluding steroid dienone is 2. The maximum absolute atomic E-state index is 12.3. The summed E-state index contributed by atoms with van der Waals surface area (Å²) in [6.45, 7) is 3.71. The maximum atomic E-state index is 12.3. The van der Waals surface area contributed by atoms with E-state index in [2.05, 4.69) is 0 Å². The third kappa shape index (κ3) is 3.21. The minimum atomic E-state index is -1.13. The second-order valence-corrected chi connectivity index (χ2v) is 5.18. The molecule has 6 heteroatoms. The van der Waals surface area contributed by atoms with Gasteiger partial charge in [-0.25, -0.2) is 0 Å².